The molecular formula is C10H18F3NO2. The van der Waals surface area contributed by atoms with Crippen molar-refractivity contribution >= 4 is 5.91 Å². The molecule has 6 heteroatoms. The van der Waals surface area contributed by atoms with E-state index in [1.165, 1.54) is 0 Å². The number of hydrogen-bond acceptors (Lipinski definition) is 2. The van der Waals surface area contributed by atoms with Crippen LogP contribution in [0.1, 0.15) is 26.7 Å². The molecule has 0 spiro atoms. The topological polar surface area (TPSA) is 40.5 Å². The van der Waals surface area contributed by atoms with Gasteiger partial charge in [0.25, 0.3) is 0 Å². The smallest absolute Gasteiger partial charge is 0.395 e. The first-order valence-electron chi connectivity index (χ1n) is 5.28. The van der Waals surface area contributed by atoms with Crippen molar-refractivity contribution in [3.05, 3.63) is 0 Å². The van der Waals surface area contributed by atoms with Crippen LogP contribution < -0.4 is 0 Å². The van der Waals surface area contributed by atoms with Gasteiger partial charge in [0.1, 0.15) is 6.54 Å². The molecule has 0 radical (unpaired) electrons. The lowest BCUT2D eigenvalue weighted by atomic mass is 10.0. The van der Waals surface area contributed by atoms with E-state index in [0.29, 0.717) is 11.3 Å². The number of carbonyl (C=O) groups is 1. The van der Waals surface area contributed by atoms with Gasteiger partial charge in [-0.1, -0.05) is 20.3 Å². The molecule has 0 bridgehead atoms. The molecule has 1 unspecified atom stereocenters. The fourth-order valence-electron chi connectivity index (χ4n) is 1.47. The molecule has 0 aromatic rings. The third-order valence-electron chi connectivity index (χ3n) is 2.19. The van der Waals surface area contributed by atoms with Crippen molar-refractivity contribution in [1.82, 2.24) is 4.90 Å². The van der Waals surface area contributed by atoms with E-state index in [0.717, 1.165) is 6.42 Å². The van der Waals surface area contributed by atoms with E-state index in [-0.39, 0.29) is 6.54 Å². The van der Waals surface area contributed by atoms with Crippen LogP contribution in [0.15, 0.2) is 0 Å². The summed E-state index contributed by atoms with van der Waals surface area (Å²) in [5.74, 6) is -0.980. The number of carbonyl (C=O) groups excluding carboxylic acids is 1. The van der Waals surface area contributed by atoms with Crippen LogP contribution in [0.5, 0.6) is 0 Å². The van der Waals surface area contributed by atoms with Gasteiger partial charge in [-0.25, -0.2) is 0 Å². The summed E-state index contributed by atoms with van der Waals surface area (Å²) in [6.07, 6.45) is -3.12. The van der Waals surface area contributed by atoms with E-state index in [1.807, 2.05) is 6.92 Å². The van der Waals surface area contributed by atoms with Gasteiger partial charge in [0.2, 0.25) is 5.91 Å². The summed E-state index contributed by atoms with van der Waals surface area (Å²) in [7, 11) is 0. The maximum atomic E-state index is 12.2. The van der Waals surface area contributed by atoms with Crippen LogP contribution in [0, 0.1) is 5.92 Å². The third-order valence-corrected chi connectivity index (χ3v) is 2.19. The number of nitrogens with zero attached hydrogens (tertiary/aromatic N) is 1. The van der Waals surface area contributed by atoms with E-state index in [2.05, 4.69) is 0 Å². The summed E-state index contributed by atoms with van der Waals surface area (Å²) in [4.78, 5) is 12.3. The number of hydrogen-bond donors (Lipinski definition) is 1. The van der Waals surface area contributed by atoms with Crippen LogP contribution >= 0.6 is 0 Å². The Kier molecular flexibility index (Phi) is 6.40. The van der Waals surface area contributed by atoms with Crippen molar-refractivity contribution in [3.63, 3.8) is 0 Å². The van der Waals surface area contributed by atoms with Gasteiger partial charge < -0.3 is 10.0 Å². The van der Waals surface area contributed by atoms with Gasteiger partial charge in [0.05, 0.1) is 6.61 Å². The monoisotopic (exact) mass is 241 g/mol. The molecule has 0 saturated carbocycles. The highest BCUT2D eigenvalue weighted by molar-refractivity contribution is 5.78. The quantitative estimate of drug-likeness (QED) is 0.770. The molecule has 0 rings (SSSR count). The molecular weight excluding hydrogens is 223 g/mol. The Hall–Kier alpha value is -0.780. The van der Waals surface area contributed by atoms with Gasteiger partial charge in [-0.15, -0.1) is 0 Å². The Morgan fingerprint density at radius 1 is 1.44 bits per heavy atom. The summed E-state index contributed by atoms with van der Waals surface area (Å²) < 4.78 is 36.5. The second kappa shape index (κ2) is 6.73. The Morgan fingerprint density at radius 3 is 2.38 bits per heavy atom. The highest BCUT2D eigenvalue weighted by Gasteiger charge is 2.33. The van der Waals surface area contributed by atoms with Crippen LogP contribution in [-0.2, 0) is 4.79 Å². The van der Waals surface area contributed by atoms with Crippen molar-refractivity contribution < 1.29 is 23.1 Å². The average molecular weight is 241 g/mol. The highest BCUT2D eigenvalue weighted by atomic mass is 19.4. The number of rotatable bonds is 6. The molecule has 0 heterocycles. The zero-order valence-corrected chi connectivity index (χ0v) is 9.55. The lowest BCUT2D eigenvalue weighted by molar-refractivity contribution is -0.164. The Bertz CT molecular complexity index is 219. The molecule has 0 aliphatic rings. The Morgan fingerprint density at radius 2 is 2.00 bits per heavy atom. The van der Waals surface area contributed by atoms with Crippen LogP contribution in [0.2, 0.25) is 0 Å². The second-order valence-electron chi connectivity index (χ2n) is 3.79. The van der Waals surface area contributed by atoms with E-state index >= 15 is 0 Å². The van der Waals surface area contributed by atoms with E-state index < -0.39 is 31.2 Å². The number of halogens is 3. The molecule has 1 atom stereocenters. The second-order valence-corrected chi connectivity index (χ2v) is 3.79. The minimum atomic E-state index is -4.42. The predicted molar refractivity (Wildman–Crippen MR) is 53.8 cm³/mol. The molecule has 1 N–H and O–H groups in total. The van der Waals surface area contributed by atoms with Gasteiger partial charge in [0, 0.05) is 12.5 Å². The van der Waals surface area contributed by atoms with Gasteiger partial charge in [-0.2, -0.15) is 13.2 Å². The zero-order valence-electron chi connectivity index (χ0n) is 9.55. The lowest BCUT2D eigenvalue weighted by Crippen LogP contribution is -2.43. The number of alkyl halides is 3. The van der Waals surface area contributed by atoms with E-state index in [9.17, 15) is 18.0 Å². The molecule has 0 aliphatic heterocycles. The number of amides is 1. The van der Waals surface area contributed by atoms with Crippen LogP contribution in [-0.4, -0.2) is 41.8 Å². The maximum Gasteiger partial charge on any atom is 0.406 e. The average Bonchev–Trinajstić information content (AvgIpc) is 2.14. The molecule has 1 amide bonds. The fraction of sp³-hybridized carbons (Fsp3) is 0.900. The normalized spacial score (nSPS) is 13.6. The predicted octanol–water partition coefficient (Wildman–Crippen LogP) is 1.81. The maximum absolute atomic E-state index is 12.2. The molecule has 0 aromatic carbocycles. The first-order valence-corrected chi connectivity index (χ1v) is 5.28. The van der Waals surface area contributed by atoms with E-state index in [4.69, 9.17) is 5.11 Å². The molecule has 0 aliphatic carbocycles. The first kappa shape index (κ1) is 15.2. The molecule has 3 nitrogen and oxygen atoms in total. The molecule has 0 fully saturated rings. The van der Waals surface area contributed by atoms with Gasteiger partial charge in [-0.3, -0.25) is 4.79 Å². The van der Waals surface area contributed by atoms with Crippen LogP contribution in [0.4, 0.5) is 13.2 Å². The SMILES string of the molecule is CCCC(C)C(=O)N(CCO)CC(F)(F)F. The van der Waals surface area contributed by atoms with Crippen molar-refractivity contribution in [2.75, 3.05) is 19.7 Å². The summed E-state index contributed by atoms with van der Waals surface area (Å²) in [5.41, 5.74) is 0. The van der Waals surface area contributed by atoms with Crippen molar-refractivity contribution in [2.45, 2.75) is 32.9 Å². The summed E-state index contributed by atoms with van der Waals surface area (Å²) >= 11 is 0. The Balaban J connectivity index is 4.46. The van der Waals surface area contributed by atoms with Gasteiger partial charge >= 0.3 is 6.18 Å². The van der Waals surface area contributed by atoms with Crippen molar-refractivity contribution in [2.24, 2.45) is 5.92 Å². The summed E-state index contributed by atoms with van der Waals surface area (Å²) in [6.45, 7) is 1.45. The van der Waals surface area contributed by atoms with Crippen LogP contribution in [0.25, 0.3) is 0 Å². The van der Waals surface area contributed by atoms with Gasteiger partial charge in [0.15, 0.2) is 0 Å². The lowest BCUT2D eigenvalue weighted by Gasteiger charge is -2.25. The minimum absolute atomic E-state index is 0.271. The van der Waals surface area contributed by atoms with Gasteiger partial charge in [-0.05, 0) is 6.42 Å². The first-order chi connectivity index (χ1) is 7.31. The Labute approximate surface area is 93.2 Å². The number of aliphatic hydroxyl groups excluding tert-OH is 1. The number of aliphatic hydroxyl groups is 1. The fourth-order valence-corrected chi connectivity index (χ4v) is 1.47. The largest absolute Gasteiger partial charge is 0.406 e. The van der Waals surface area contributed by atoms with Crippen molar-refractivity contribution in [1.29, 1.82) is 0 Å². The highest BCUT2D eigenvalue weighted by Crippen LogP contribution is 2.18. The molecule has 0 saturated heterocycles. The molecule has 0 aromatic heterocycles. The molecule has 16 heavy (non-hydrogen) atoms. The standard InChI is InChI=1S/C10H18F3NO2/c1-3-4-8(2)9(16)14(5-6-15)7-10(11,12)13/h8,15H,3-7H2,1-2H3. The van der Waals surface area contributed by atoms with Crippen molar-refractivity contribution in [3.8, 4) is 0 Å². The minimum Gasteiger partial charge on any atom is -0.395 e. The summed E-state index contributed by atoms with van der Waals surface area (Å²) in [5, 5.41) is 8.63. The molecule has 96 valence electrons. The van der Waals surface area contributed by atoms with E-state index in [1.54, 1.807) is 6.92 Å². The third kappa shape index (κ3) is 5.95. The van der Waals surface area contributed by atoms with Crippen LogP contribution in [0.3, 0.4) is 0 Å². The zero-order chi connectivity index (χ0) is 12.8. The summed E-state index contributed by atoms with van der Waals surface area (Å²) in [6, 6.07) is 0.